The van der Waals surface area contributed by atoms with E-state index in [9.17, 15) is 0 Å². The van der Waals surface area contributed by atoms with Gasteiger partial charge in [-0.2, -0.15) is 0 Å². The standard InChI is InChI=1S/C21H22N4O2/c1-24(2)15-6-4-14(5-7-15)20-23-21-18(12-13-27-21)19(22)25(20)16-8-10-17(26-3)11-9-16/h4-13,20,22-23H,1-3H3. The van der Waals surface area contributed by atoms with Gasteiger partial charge in [0.1, 0.15) is 17.8 Å². The molecule has 2 heterocycles. The zero-order chi connectivity index (χ0) is 19.0. The van der Waals surface area contributed by atoms with Crippen molar-refractivity contribution in [1.82, 2.24) is 0 Å². The average molecular weight is 362 g/mol. The summed E-state index contributed by atoms with van der Waals surface area (Å²) in [5.74, 6) is 1.79. The number of rotatable bonds is 4. The Morgan fingerprint density at radius 3 is 2.37 bits per heavy atom. The van der Waals surface area contributed by atoms with Gasteiger partial charge in [-0.1, -0.05) is 12.1 Å². The molecule has 138 valence electrons. The minimum atomic E-state index is -0.249. The van der Waals surface area contributed by atoms with Gasteiger partial charge in [-0.05, 0) is 48.0 Å². The maximum atomic E-state index is 8.76. The van der Waals surface area contributed by atoms with Gasteiger partial charge in [-0.3, -0.25) is 5.41 Å². The highest BCUT2D eigenvalue weighted by atomic mass is 16.5. The van der Waals surface area contributed by atoms with Gasteiger partial charge < -0.3 is 24.3 Å². The molecule has 2 N–H and O–H groups in total. The number of furan rings is 1. The van der Waals surface area contributed by atoms with Crippen molar-refractivity contribution in [2.45, 2.75) is 6.17 Å². The third-order valence-electron chi connectivity index (χ3n) is 4.76. The molecule has 0 amide bonds. The Kier molecular flexibility index (Phi) is 4.24. The third kappa shape index (κ3) is 2.99. The molecule has 0 bridgehead atoms. The zero-order valence-electron chi connectivity index (χ0n) is 15.6. The van der Waals surface area contributed by atoms with Crippen LogP contribution in [0.1, 0.15) is 17.3 Å². The van der Waals surface area contributed by atoms with Crippen LogP contribution in [0.3, 0.4) is 0 Å². The van der Waals surface area contributed by atoms with Crippen molar-refractivity contribution < 1.29 is 9.15 Å². The van der Waals surface area contributed by atoms with E-state index in [1.807, 2.05) is 49.3 Å². The molecular formula is C21H22N4O2. The fraction of sp³-hybridized carbons (Fsp3) is 0.190. The SMILES string of the molecule is COc1ccc(N2C(=N)c3ccoc3NC2c2ccc(N(C)C)cc2)cc1. The van der Waals surface area contributed by atoms with Crippen LogP contribution in [-0.2, 0) is 0 Å². The van der Waals surface area contributed by atoms with E-state index in [0.29, 0.717) is 11.7 Å². The van der Waals surface area contributed by atoms with E-state index < -0.39 is 0 Å². The second kappa shape index (κ2) is 6.72. The summed E-state index contributed by atoms with van der Waals surface area (Å²) in [4.78, 5) is 4.02. The van der Waals surface area contributed by atoms with E-state index in [4.69, 9.17) is 14.6 Å². The molecule has 1 unspecified atom stereocenters. The van der Waals surface area contributed by atoms with Gasteiger partial charge in [-0.25, -0.2) is 0 Å². The molecule has 0 spiro atoms. The number of ether oxygens (including phenoxy) is 1. The van der Waals surface area contributed by atoms with Crippen LogP contribution < -0.4 is 19.9 Å². The molecule has 0 saturated carbocycles. The third-order valence-corrected chi connectivity index (χ3v) is 4.76. The average Bonchev–Trinajstić information content (AvgIpc) is 3.17. The Bertz CT molecular complexity index is 945. The quantitative estimate of drug-likeness (QED) is 0.724. The monoisotopic (exact) mass is 362 g/mol. The second-order valence-electron chi connectivity index (χ2n) is 6.61. The normalized spacial score (nSPS) is 15.9. The molecule has 4 rings (SSSR count). The molecule has 1 aliphatic rings. The van der Waals surface area contributed by atoms with Crippen molar-refractivity contribution in [2.24, 2.45) is 0 Å². The molecule has 0 radical (unpaired) electrons. The summed E-state index contributed by atoms with van der Waals surface area (Å²) >= 11 is 0. The number of methoxy groups -OCH3 is 1. The first kappa shape index (κ1) is 17.0. The number of nitrogens with one attached hydrogen (secondary N) is 2. The summed E-state index contributed by atoms with van der Waals surface area (Å²) in [5.41, 5.74) is 3.82. The van der Waals surface area contributed by atoms with E-state index in [1.54, 1.807) is 13.4 Å². The van der Waals surface area contributed by atoms with Crippen molar-refractivity contribution in [3.8, 4) is 5.75 Å². The van der Waals surface area contributed by atoms with Crippen LogP contribution in [0.4, 0.5) is 17.3 Å². The predicted molar refractivity (Wildman–Crippen MR) is 108 cm³/mol. The Hall–Kier alpha value is -3.41. The highest BCUT2D eigenvalue weighted by Crippen LogP contribution is 2.37. The lowest BCUT2D eigenvalue weighted by atomic mass is 10.1. The van der Waals surface area contributed by atoms with Crippen molar-refractivity contribution in [2.75, 3.05) is 36.3 Å². The molecule has 6 heteroatoms. The number of nitrogens with zero attached hydrogens (tertiary/aromatic N) is 2. The van der Waals surface area contributed by atoms with E-state index in [2.05, 4.69) is 34.5 Å². The fourth-order valence-corrected chi connectivity index (χ4v) is 3.26. The van der Waals surface area contributed by atoms with Gasteiger partial charge in [-0.15, -0.1) is 0 Å². The lowest BCUT2D eigenvalue weighted by molar-refractivity contribution is 0.415. The smallest absolute Gasteiger partial charge is 0.205 e. The Balaban J connectivity index is 1.77. The first-order chi connectivity index (χ1) is 13.1. The molecule has 3 aromatic rings. The Labute approximate surface area is 158 Å². The van der Waals surface area contributed by atoms with Crippen LogP contribution in [0, 0.1) is 5.41 Å². The van der Waals surface area contributed by atoms with Gasteiger partial charge in [0.25, 0.3) is 0 Å². The van der Waals surface area contributed by atoms with Crippen LogP contribution in [0.2, 0.25) is 0 Å². The van der Waals surface area contributed by atoms with Crippen LogP contribution >= 0.6 is 0 Å². The second-order valence-corrected chi connectivity index (χ2v) is 6.61. The van der Waals surface area contributed by atoms with Gasteiger partial charge in [0.15, 0.2) is 0 Å². The Morgan fingerprint density at radius 1 is 1.04 bits per heavy atom. The van der Waals surface area contributed by atoms with E-state index >= 15 is 0 Å². The predicted octanol–water partition coefficient (Wildman–Crippen LogP) is 4.31. The first-order valence-corrected chi connectivity index (χ1v) is 8.72. The van der Waals surface area contributed by atoms with Crippen molar-refractivity contribution in [3.63, 3.8) is 0 Å². The van der Waals surface area contributed by atoms with Crippen molar-refractivity contribution in [3.05, 3.63) is 72.0 Å². The molecule has 0 saturated heterocycles. The molecule has 1 atom stereocenters. The molecule has 0 fully saturated rings. The highest BCUT2D eigenvalue weighted by molar-refractivity contribution is 6.12. The topological polar surface area (TPSA) is 64.7 Å². The number of anilines is 3. The Morgan fingerprint density at radius 2 is 1.74 bits per heavy atom. The first-order valence-electron chi connectivity index (χ1n) is 8.72. The number of hydrogen-bond donors (Lipinski definition) is 2. The largest absolute Gasteiger partial charge is 0.497 e. The van der Waals surface area contributed by atoms with E-state index in [-0.39, 0.29) is 6.17 Å². The molecule has 1 aliphatic heterocycles. The number of benzene rings is 2. The zero-order valence-corrected chi connectivity index (χ0v) is 15.6. The summed E-state index contributed by atoms with van der Waals surface area (Å²) in [6.45, 7) is 0. The maximum absolute atomic E-state index is 8.76. The van der Waals surface area contributed by atoms with Gasteiger partial charge in [0, 0.05) is 25.5 Å². The molecule has 2 aromatic carbocycles. The van der Waals surface area contributed by atoms with Gasteiger partial charge in [0.05, 0.1) is 18.9 Å². The lowest BCUT2D eigenvalue weighted by Gasteiger charge is -2.38. The van der Waals surface area contributed by atoms with E-state index in [0.717, 1.165) is 28.3 Å². The van der Waals surface area contributed by atoms with Crippen LogP contribution in [0.5, 0.6) is 5.75 Å². The molecule has 6 nitrogen and oxygen atoms in total. The fourth-order valence-electron chi connectivity index (χ4n) is 3.26. The van der Waals surface area contributed by atoms with Gasteiger partial charge >= 0.3 is 0 Å². The molecule has 27 heavy (non-hydrogen) atoms. The summed E-state index contributed by atoms with van der Waals surface area (Å²) in [6, 6.07) is 17.8. The summed E-state index contributed by atoms with van der Waals surface area (Å²) in [7, 11) is 5.68. The minimum absolute atomic E-state index is 0.249. The van der Waals surface area contributed by atoms with Gasteiger partial charge in [0.2, 0.25) is 5.88 Å². The maximum Gasteiger partial charge on any atom is 0.205 e. The van der Waals surface area contributed by atoms with E-state index in [1.165, 1.54) is 0 Å². The number of fused-ring (bicyclic) bond motifs is 1. The molecule has 0 aliphatic carbocycles. The summed E-state index contributed by atoms with van der Waals surface area (Å²) in [5, 5.41) is 12.2. The number of hydrogen-bond acceptors (Lipinski definition) is 5. The summed E-state index contributed by atoms with van der Waals surface area (Å²) < 4.78 is 10.8. The minimum Gasteiger partial charge on any atom is -0.497 e. The lowest BCUT2D eigenvalue weighted by Crippen LogP contribution is -2.42. The van der Waals surface area contributed by atoms with Crippen molar-refractivity contribution >= 4 is 23.1 Å². The van der Waals surface area contributed by atoms with Crippen LogP contribution in [0.25, 0.3) is 0 Å². The van der Waals surface area contributed by atoms with Crippen LogP contribution in [0.15, 0.2) is 65.3 Å². The van der Waals surface area contributed by atoms with Crippen LogP contribution in [-0.4, -0.2) is 27.0 Å². The molecule has 1 aromatic heterocycles. The summed E-state index contributed by atoms with van der Waals surface area (Å²) in [6.07, 6.45) is 1.36. The molecular weight excluding hydrogens is 340 g/mol. The highest BCUT2D eigenvalue weighted by Gasteiger charge is 2.33. The number of amidine groups is 1. The van der Waals surface area contributed by atoms with Crippen molar-refractivity contribution in [1.29, 1.82) is 5.41 Å².